The SMILES string of the molecule is O=C(O[C@H](C(=O)Nc1ccc(F)cc1)c1ccccc1)c1c(F)cccc1F. The Morgan fingerprint density at radius 1 is 0.786 bits per heavy atom. The van der Waals surface area contributed by atoms with Crippen molar-refractivity contribution in [1.29, 1.82) is 0 Å². The number of rotatable bonds is 5. The third kappa shape index (κ3) is 4.37. The van der Waals surface area contributed by atoms with Gasteiger partial charge in [0, 0.05) is 11.3 Å². The van der Waals surface area contributed by atoms with Crippen LogP contribution < -0.4 is 5.32 Å². The van der Waals surface area contributed by atoms with E-state index in [4.69, 9.17) is 4.74 Å². The van der Waals surface area contributed by atoms with Gasteiger partial charge in [-0.25, -0.2) is 18.0 Å². The van der Waals surface area contributed by atoms with Crippen LogP contribution in [-0.4, -0.2) is 11.9 Å². The summed E-state index contributed by atoms with van der Waals surface area (Å²) < 4.78 is 45.9. The van der Waals surface area contributed by atoms with Gasteiger partial charge in [-0.15, -0.1) is 0 Å². The van der Waals surface area contributed by atoms with Gasteiger partial charge in [-0.1, -0.05) is 36.4 Å². The van der Waals surface area contributed by atoms with E-state index < -0.39 is 41.0 Å². The summed E-state index contributed by atoms with van der Waals surface area (Å²) in [5, 5.41) is 2.48. The number of nitrogens with one attached hydrogen (secondary N) is 1. The number of carbonyl (C=O) groups is 2. The molecular formula is C21H14F3NO3. The van der Waals surface area contributed by atoms with Crippen LogP contribution >= 0.6 is 0 Å². The van der Waals surface area contributed by atoms with E-state index in [1.165, 1.54) is 24.3 Å². The van der Waals surface area contributed by atoms with Crippen LogP contribution in [0.1, 0.15) is 22.0 Å². The number of anilines is 1. The lowest BCUT2D eigenvalue weighted by molar-refractivity contribution is -0.125. The highest BCUT2D eigenvalue weighted by atomic mass is 19.1. The third-order valence-corrected chi connectivity index (χ3v) is 3.84. The first-order valence-electron chi connectivity index (χ1n) is 8.22. The van der Waals surface area contributed by atoms with Crippen LogP contribution in [0.15, 0.2) is 72.8 Å². The largest absolute Gasteiger partial charge is 0.444 e. The summed E-state index contributed by atoms with van der Waals surface area (Å²) in [4.78, 5) is 25.0. The van der Waals surface area contributed by atoms with Crippen LogP contribution in [-0.2, 0) is 9.53 Å². The standard InChI is InChI=1S/C21H14F3NO3/c22-14-9-11-15(12-10-14)25-20(26)19(13-5-2-1-3-6-13)28-21(27)18-16(23)7-4-8-17(18)24/h1-12,19H,(H,25,26)/t19-/m0/s1. The molecule has 0 bridgehead atoms. The van der Waals surface area contributed by atoms with Gasteiger partial charge in [-0.3, -0.25) is 4.79 Å². The van der Waals surface area contributed by atoms with Gasteiger partial charge in [0.15, 0.2) is 0 Å². The molecule has 0 radical (unpaired) electrons. The maximum atomic E-state index is 13.9. The Bertz CT molecular complexity index is 971. The highest BCUT2D eigenvalue weighted by molar-refractivity contribution is 5.98. The molecule has 0 aromatic heterocycles. The average Bonchev–Trinajstić information content (AvgIpc) is 2.68. The second kappa shape index (κ2) is 8.39. The fourth-order valence-corrected chi connectivity index (χ4v) is 2.50. The average molecular weight is 385 g/mol. The van der Waals surface area contributed by atoms with Crippen molar-refractivity contribution in [3.05, 3.63) is 101 Å². The zero-order valence-corrected chi connectivity index (χ0v) is 14.4. The monoisotopic (exact) mass is 385 g/mol. The molecule has 4 nitrogen and oxygen atoms in total. The molecule has 0 heterocycles. The molecule has 3 aromatic carbocycles. The summed E-state index contributed by atoms with van der Waals surface area (Å²) in [5.41, 5.74) is -0.328. The third-order valence-electron chi connectivity index (χ3n) is 3.84. The van der Waals surface area contributed by atoms with Crippen LogP contribution in [0, 0.1) is 17.5 Å². The second-order valence-electron chi connectivity index (χ2n) is 5.79. The number of hydrogen-bond acceptors (Lipinski definition) is 3. The van der Waals surface area contributed by atoms with E-state index in [9.17, 15) is 22.8 Å². The summed E-state index contributed by atoms with van der Waals surface area (Å²) in [6.45, 7) is 0. The number of ether oxygens (including phenoxy) is 1. The molecule has 0 saturated carbocycles. The summed E-state index contributed by atoms with van der Waals surface area (Å²) in [5.74, 6) is -4.77. The zero-order valence-electron chi connectivity index (χ0n) is 14.4. The number of esters is 1. The summed E-state index contributed by atoms with van der Waals surface area (Å²) in [6.07, 6.45) is -1.47. The first-order chi connectivity index (χ1) is 13.5. The fraction of sp³-hybridized carbons (Fsp3) is 0.0476. The Balaban J connectivity index is 1.88. The number of carbonyl (C=O) groups excluding carboxylic acids is 2. The van der Waals surface area contributed by atoms with E-state index in [-0.39, 0.29) is 5.69 Å². The van der Waals surface area contributed by atoms with Crippen molar-refractivity contribution in [2.24, 2.45) is 0 Å². The van der Waals surface area contributed by atoms with E-state index in [0.29, 0.717) is 5.56 Å². The van der Waals surface area contributed by atoms with Gasteiger partial charge in [0.05, 0.1) is 0 Å². The van der Waals surface area contributed by atoms with Gasteiger partial charge in [-0.2, -0.15) is 0 Å². The summed E-state index contributed by atoms with van der Waals surface area (Å²) >= 11 is 0. The predicted molar refractivity (Wildman–Crippen MR) is 96.0 cm³/mol. The van der Waals surface area contributed by atoms with Crippen LogP contribution in [0.2, 0.25) is 0 Å². The summed E-state index contributed by atoms with van der Waals surface area (Å²) in [6, 6.07) is 15.9. The fourth-order valence-electron chi connectivity index (χ4n) is 2.50. The number of halogens is 3. The van der Waals surface area contributed by atoms with E-state index in [1.807, 2.05) is 0 Å². The van der Waals surface area contributed by atoms with Crippen molar-refractivity contribution in [2.75, 3.05) is 5.32 Å². The van der Waals surface area contributed by atoms with Crippen molar-refractivity contribution in [3.8, 4) is 0 Å². The molecule has 0 aliphatic rings. The van der Waals surface area contributed by atoms with Crippen molar-refractivity contribution in [3.63, 3.8) is 0 Å². The molecule has 1 N–H and O–H groups in total. The van der Waals surface area contributed by atoms with Crippen LogP contribution in [0.5, 0.6) is 0 Å². The van der Waals surface area contributed by atoms with Gasteiger partial charge in [0.2, 0.25) is 6.10 Å². The van der Waals surface area contributed by atoms with Crippen molar-refractivity contribution in [1.82, 2.24) is 0 Å². The van der Waals surface area contributed by atoms with Crippen molar-refractivity contribution >= 4 is 17.6 Å². The number of hydrogen-bond donors (Lipinski definition) is 1. The Kier molecular flexibility index (Phi) is 5.74. The minimum absolute atomic E-state index is 0.264. The van der Waals surface area contributed by atoms with Crippen LogP contribution in [0.3, 0.4) is 0 Å². The molecule has 28 heavy (non-hydrogen) atoms. The quantitative estimate of drug-likeness (QED) is 0.651. The Hall–Kier alpha value is -3.61. The molecule has 1 atom stereocenters. The normalized spacial score (nSPS) is 11.5. The van der Waals surface area contributed by atoms with E-state index in [2.05, 4.69) is 5.32 Å². The number of amides is 1. The molecule has 3 rings (SSSR count). The van der Waals surface area contributed by atoms with Gasteiger partial charge >= 0.3 is 5.97 Å². The molecule has 0 aliphatic heterocycles. The molecular weight excluding hydrogens is 371 g/mol. The minimum Gasteiger partial charge on any atom is -0.444 e. The molecule has 7 heteroatoms. The molecule has 0 saturated heterocycles. The first kappa shape index (κ1) is 19.2. The lowest BCUT2D eigenvalue weighted by Gasteiger charge is -2.18. The van der Waals surface area contributed by atoms with Gasteiger partial charge in [0.1, 0.15) is 23.0 Å². The highest BCUT2D eigenvalue weighted by Crippen LogP contribution is 2.23. The van der Waals surface area contributed by atoms with Crippen molar-refractivity contribution < 1.29 is 27.5 Å². The highest BCUT2D eigenvalue weighted by Gasteiger charge is 2.28. The second-order valence-corrected chi connectivity index (χ2v) is 5.79. The molecule has 0 spiro atoms. The predicted octanol–water partition coefficient (Wildman–Crippen LogP) is 4.64. The minimum atomic E-state index is -1.47. The molecule has 0 fully saturated rings. The van der Waals surface area contributed by atoms with E-state index in [0.717, 1.165) is 30.3 Å². The maximum absolute atomic E-state index is 13.9. The lowest BCUT2D eigenvalue weighted by atomic mass is 10.1. The Labute approximate surface area is 158 Å². The van der Waals surface area contributed by atoms with Crippen LogP contribution in [0.4, 0.5) is 18.9 Å². The maximum Gasteiger partial charge on any atom is 0.345 e. The molecule has 0 unspecified atom stereocenters. The zero-order chi connectivity index (χ0) is 20.1. The summed E-state index contributed by atoms with van der Waals surface area (Å²) in [7, 11) is 0. The van der Waals surface area contributed by atoms with E-state index >= 15 is 0 Å². The molecule has 0 aliphatic carbocycles. The van der Waals surface area contributed by atoms with Gasteiger partial charge < -0.3 is 10.1 Å². The molecule has 3 aromatic rings. The Morgan fingerprint density at radius 3 is 2.00 bits per heavy atom. The number of benzene rings is 3. The smallest absolute Gasteiger partial charge is 0.345 e. The Morgan fingerprint density at radius 2 is 1.39 bits per heavy atom. The first-order valence-corrected chi connectivity index (χ1v) is 8.22. The lowest BCUT2D eigenvalue weighted by Crippen LogP contribution is -2.26. The van der Waals surface area contributed by atoms with Gasteiger partial charge in [-0.05, 0) is 36.4 Å². The molecule has 1 amide bonds. The van der Waals surface area contributed by atoms with E-state index in [1.54, 1.807) is 18.2 Å². The van der Waals surface area contributed by atoms with Crippen LogP contribution in [0.25, 0.3) is 0 Å². The molecule has 142 valence electrons. The van der Waals surface area contributed by atoms with Crippen molar-refractivity contribution in [2.45, 2.75) is 6.10 Å². The van der Waals surface area contributed by atoms with Gasteiger partial charge in [0.25, 0.3) is 5.91 Å². The topological polar surface area (TPSA) is 55.4 Å².